The maximum Gasteiger partial charge on any atom is 0.126 e. The monoisotopic (exact) mass is 169 g/mol. The summed E-state index contributed by atoms with van der Waals surface area (Å²) in [5, 5.41) is 0. The Morgan fingerprint density at radius 3 is 2.17 bits per heavy atom. The summed E-state index contributed by atoms with van der Waals surface area (Å²) < 4.78 is 25.2. The summed E-state index contributed by atoms with van der Waals surface area (Å²) in [6.07, 6.45) is 1.42. The van der Waals surface area contributed by atoms with Crippen molar-refractivity contribution in [3.63, 3.8) is 0 Å². The molecule has 1 aromatic carbocycles. The van der Waals surface area contributed by atoms with Gasteiger partial charge in [0.1, 0.15) is 11.6 Å². The fourth-order valence-electron chi connectivity index (χ4n) is 0.904. The molecular formula is C9H9F2N. The van der Waals surface area contributed by atoms with Crippen LogP contribution in [0.3, 0.4) is 0 Å². The first kappa shape index (κ1) is 8.87. The molecule has 0 saturated heterocycles. The van der Waals surface area contributed by atoms with E-state index in [4.69, 9.17) is 5.73 Å². The van der Waals surface area contributed by atoms with E-state index in [2.05, 4.69) is 6.58 Å². The van der Waals surface area contributed by atoms with Crippen molar-refractivity contribution < 1.29 is 8.78 Å². The van der Waals surface area contributed by atoms with Crippen molar-refractivity contribution in [1.29, 1.82) is 0 Å². The van der Waals surface area contributed by atoms with Crippen LogP contribution in [0.5, 0.6) is 0 Å². The molecule has 1 atom stereocenters. The number of hydrogen-bond acceptors (Lipinski definition) is 1. The van der Waals surface area contributed by atoms with E-state index in [1.54, 1.807) is 0 Å². The molecule has 0 heterocycles. The van der Waals surface area contributed by atoms with Gasteiger partial charge in [0.25, 0.3) is 0 Å². The van der Waals surface area contributed by atoms with E-state index in [1.807, 2.05) is 0 Å². The van der Waals surface area contributed by atoms with Gasteiger partial charge in [0.15, 0.2) is 0 Å². The normalized spacial score (nSPS) is 12.6. The zero-order valence-corrected chi connectivity index (χ0v) is 6.43. The van der Waals surface area contributed by atoms with Crippen LogP contribution in [0.15, 0.2) is 30.9 Å². The van der Waals surface area contributed by atoms with Crippen LogP contribution in [0.25, 0.3) is 0 Å². The minimum absolute atomic E-state index is 0.391. The van der Waals surface area contributed by atoms with Crippen molar-refractivity contribution in [1.82, 2.24) is 0 Å². The van der Waals surface area contributed by atoms with Gasteiger partial charge in [-0.3, -0.25) is 0 Å². The number of halogens is 2. The van der Waals surface area contributed by atoms with E-state index in [0.717, 1.165) is 6.07 Å². The lowest BCUT2D eigenvalue weighted by molar-refractivity contribution is 0.578. The molecule has 1 aromatic rings. The first-order valence-electron chi connectivity index (χ1n) is 3.47. The molecule has 2 N–H and O–H groups in total. The Bertz CT molecular complexity index is 276. The molecule has 0 aliphatic rings. The van der Waals surface area contributed by atoms with E-state index >= 15 is 0 Å². The van der Waals surface area contributed by atoms with E-state index in [1.165, 1.54) is 18.2 Å². The highest BCUT2D eigenvalue weighted by molar-refractivity contribution is 5.23. The molecule has 0 spiro atoms. The Morgan fingerprint density at radius 2 is 1.75 bits per heavy atom. The summed E-state index contributed by atoms with van der Waals surface area (Å²) in [4.78, 5) is 0. The van der Waals surface area contributed by atoms with Gasteiger partial charge in [-0.05, 0) is 17.7 Å². The molecular weight excluding hydrogens is 160 g/mol. The molecule has 1 rings (SSSR count). The highest BCUT2D eigenvalue weighted by Gasteiger charge is 2.04. The Morgan fingerprint density at radius 1 is 1.25 bits per heavy atom. The summed E-state index contributed by atoms with van der Waals surface area (Å²) >= 11 is 0. The average molecular weight is 169 g/mol. The lowest BCUT2D eigenvalue weighted by Gasteiger charge is -2.05. The highest BCUT2D eigenvalue weighted by Crippen LogP contribution is 2.14. The minimum atomic E-state index is -0.623. The van der Waals surface area contributed by atoms with Gasteiger partial charge in [-0.25, -0.2) is 8.78 Å². The lowest BCUT2D eigenvalue weighted by Crippen LogP contribution is -2.07. The van der Waals surface area contributed by atoms with E-state index in [9.17, 15) is 8.78 Å². The third-order valence-corrected chi connectivity index (χ3v) is 1.52. The molecule has 0 radical (unpaired) electrons. The van der Waals surface area contributed by atoms with Crippen LogP contribution < -0.4 is 5.73 Å². The summed E-state index contributed by atoms with van der Waals surface area (Å²) in [6, 6.07) is 2.67. The average Bonchev–Trinajstić information content (AvgIpc) is 2.01. The van der Waals surface area contributed by atoms with Crippen LogP contribution in [0.1, 0.15) is 11.6 Å². The van der Waals surface area contributed by atoms with Crippen LogP contribution >= 0.6 is 0 Å². The molecule has 0 aliphatic heterocycles. The fraction of sp³-hybridized carbons (Fsp3) is 0.111. The van der Waals surface area contributed by atoms with Gasteiger partial charge in [-0.2, -0.15) is 0 Å². The molecule has 0 aromatic heterocycles. The van der Waals surface area contributed by atoms with E-state index < -0.39 is 17.7 Å². The Labute approximate surface area is 69.5 Å². The molecule has 1 unspecified atom stereocenters. The van der Waals surface area contributed by atoms with Crippen molar-refractivity contribution >= 4 is 0 Å². The zero-order chi connectivity index (χ0) is 9.14. The quantitative estimate of drug-likeness (QED) is 0.674. The first-order chi connectivity index (χ1) is 5.63. The maximum atomic E-state index is 12.6. The SMILES string of the molecule is C=CC(N)c1cc(F)cc(F)c1. The number of hydrogen-bond donors (Lipinski definition) is 1. The predicted molar refractivity (Wildman–Crippen MR) is 43.5 cm³/mol. The van der Waals surface area contributed by atoms with Gasteiger partial charge in [-0.1, -0.05) is 6.08 Å². The predicted octanol–water partition coefficient (Wildman–Crippen LogP) is 2.15. The Kier molecular flexibility index (Phi) is 2.55. The second-order valence-corrected chi connectivity index (χ2v) is 2.46. The van der Waals surface area contributed by atoms with Gasteiger partial charge in [0.05, 0.1) is 0 Å². The summed E-state index contributed by atoms with van der Waals surface area (Å²) in [6.45, 7) is 3.43. The molecule has 12 heavy (non-hydrogen) atoms. The first-order valence-corrected chi connectivity index (χ1v) is 3.47. The van der Waals surface area contributed by atoms with Crippen molar-refractivity contribution in [2.45, 2.75) is 6.04 Å². The van der Waals surface area contributed by atoms with Gasteiger partial charge < -0.3 is 5.73 Å². The van der Waals surface area contributed by atoms with Gasteiger partial charge in [0, 0.05) is 12.1 Å². The number of rotatable bonds is 2. The van der Waals surface area contributed by atoms with Crippen LogP contribution in [0.4, 0.5) is 8.78 Å². The van der Waals surface area contributed by atoms with Crippen molar-refractivity contribution in [2.24, 2.45) is 5.73 Å². The third-order valence-electron chi connectivity index (χ3n) is 1.52. The molecule has 0 amide bonds. The van der Waals surface area contributed by atoms with Crippen LogP contribution in [0, 0.1) is 11.6 Å². The standard InChI is InChI=1S/C9H9F2N/c1-2-9(12)6-3-7(10)5-8(11)4-6/h2-5,9H,1,12H2. The summed E-state index contributed by atoms with van der Waals surface area (Å²) in [5.41, 5.74) is 5.87. The van der Waals surface area contributed by atoms with Crippen LogP contribution in [0.2, 0.25) is 0 Å². The number of benzene rings is 1. The topological polar surface area (TPSA) is 26.0 Å². The summed E-state index contributed by atoms with van der Waals surface area (Å²) in [7, 11) is 0. The molecule has 0 fully saturated rings. The second kappa shape index (κ2) is 3.45. The minimum Gasteiger partial charge on any atom is -0.321 e. The molecule has 1 nitrogen and oxygen atoms in total. The van der Waals surface area contributed by atoms with Gasteiger partial charge in [-0.15, -0.1) is 6.58 Å². The lowest BCUT2D eigenvalue weighted by atomic mass is 10.1. The fourth-order valence-corrected chi connectivity index (χ4v) is 0.904. The molecule has 0 saturated carbocycles. The van der Waals surface area contributed by atoms with Gasteiger partial charge >= 0.3 is 0 Å². The molecule has 0 bridgehead atoms. The van der Waals surface area contributed by atoms with Crippen molar-refractivity contribution in [2.75, 3.05) is 0 Å². The van der Waals surface area contributed by atoms with Crippen molar-refractivity contribution in [3.05, 3.63) is 48.1 Å². The largest absolute Gasteiger partial charge is 0.321 e. The smallest absolute Gasteiger partial charge is 0.126 e. The Hall–Kier alpha value is -1.22. The van der Waals surface area contributed by atoms with Crippen LogP contribution in [-0.2, 0) is 0 Å². The van der Waals surface area contributed by atoms with Crippen LogP contribution in [-0.4, -0.2) is 0 Å². The number of nitrogens with two attached hydrogens (primary N) is 1. The highest BCUT2D eigenvalue weighted by atomic mass is 19.1. The molecule has 3 heteroatoms. The van der Waals surface area contributed by atoms with E-state index in [-0.39, 0.29) is 0 Å². The summed E-state index contributed by atoms with van der Waals surface area (Å²) in [5.74, 6) is -1.25. The zero-order valence-electron chi connectivity index (χ0n) is 6.43. The van der Waals surface area contributed by atoms with E-state index in [0.29, 0.717) is 5.56 Å². The maximum absolute atomic E-state index is 12.6. The van der Waals surface area contributed by atoms with Crippen molar-refractivity contribution in [3.8, 4) is 0 Å². The third kappa shape index (κ3) is 1.89. The Balaban J connectivity index is 3.08. The second-order valence-electron chi connectivity index (χ2n) is 2.46. The molecule has 64 valence electrons. The molecule has 0 aliphatic carbocycles. The van der Waals surface area contributed by atoms with Gasteiger partial charge in [0.2, 0.25) is 0 Å².